The molecule has 1 aliphatic heterocycles. The number of carboxylic acids is 1. The molecule has 1 aromatic heterocycles. The summed E-state index contributed by atoms with van der Waals surface area (Å²) in [7, 11) is 0. The maximum Gasteiger partial charge on any atom is 0.321 e. The first kappa shape index (κ1) is 21.3. The lowest BCUT2D eigenvalue weighted by Crippen LogP contribution is -2.34. The predicted octanol–water partition coefficient (Wildman–Crippen LogP) is 3.68. The van der Waals surface area contributed by atoms with E-state index < -0.39 is 17.9 Å². The second-order valence-electron chi connectivity index (χ2n) is 7.51. The molecule has 164 valence electrons. The number of benzene rings is 2. The van der Waals surface area contributed by atoms with Gasteiger partial charge in [0.2, 0.25) is 11.8 Å². The maximum atomic E-state index is 11.8. The van der Waals surface area contributed by atoms with Crippen LogP contribution in [-0.2, 0) is 16.0 Å². The zero-order valence-corrected chi connectivity index (χ0v) is 17.2. The lowest BCUT2D eigenvalue weighted by Gasteiger charge is -2.26. The average Bonchev–Trinajstić information content (AvgIpc) is 2.80. The largest absolute Gasteiger partial charge is 0.485 e. The SMILES string of the molecule is NC(CC(=O)Nc1ccc(Oc2ccc3c(c2)CCC(c2ccccc2)O3)nc1)C(=O)O. The first-order valence-electron chi connectivity index (χ1n) is 10.2. The minimum absolute atomic E-state index is 0.0462. The molecule has 0 fully saturated rings. The number of pyridine rings is 1. The van der Waals surface area contributed by atoms with Crippen molar-refractivity contribution in [1.29, 1.82) is 0 Å². The van der Waals surface area contributed by atoms with Crippen molar-refractivity contribution >= 4 is 17.6 Å². The molecule has 2 unspecified atom stereocenters. The highest BCUT2D eigenvalue weighted by Gasteiger charge is 2.22. The molecule has 8 heteroatoms. The predicted molar refractivity (Wildman–Crippen MR) is 118 cm³/mol. The minimum Gasteiger partial charge on any atom is -0.485 e. The number of nitrogens with two attached hydrogens (primary N) is 1. The lowest BCUT2D eigenvalue weighted by molar-refractivity contribution is -0.140. The summed E-state index contributed by atoms with van der Waals surface area (Å²) in [6, 6.07) is 17.8. The van der Waals surface area contributed by atoms with Crippen LogP contribution in [0.1, 0.15) is 30.1 Å². The van der Waals surface area contributed by atoms with Gasteiger partial charge in [-0.05, 0) is 48.2 Å². The zero-order chi connectivity index (χ0) is 22.5. The van der Waals surface area contributed by atoms with Gasteiger partial charge in [0, 0.05) is 6.07 Å². The number of carbonyl (C=O) groups excluding carboxylic acids is 1. The number of carboxylic acid groups (broad SMARTS) is 1. The van der Waals surface area contributed by atoms with Gasteiger partial charge in [0.25, 0.3) is 0 Å². The number of nitrogens with zero attached hydrogens (tertiary/aromatic N) is 1. The van der Waals surface area contributed by atoms with Gasteiger partial charge in [-0.2, -0.15) is 0 Å². The summed E-state index contributed by atoms with van der Waals surface area (Å²) in [6.45, 7) is 0. The number of ether oxygens (including phenoxy) is 2. The van der Waals surface area contributed by atoms with Gasteiger partial charge in [-0.1, -0.05) is 30.3 Å². The van der Waals surface area contributed by atoms with Crippen LogP contribution in [0.4, 0.5) is 5.69 Å². The summed E-state index contributed by atoms with van der Waals surface area (Å²) in [5, 5.41) is 11.3. The van der Waals surface area contributed by atoms with Crippen molar-refractivity contribution in [2.24, 2.45) is 5.73 Å². The Bertz CT molecular complexity index is 1100. The van der Waals surface area contributed by atoms with Gasteiger partial charge in [-0.3, -0.25) is 9.59 Å². The molecule has 4 rings (SSSR count). The molecule has 0 spiro atoms. The summed E-state index contributed by atoms with van der Waals surface area (Å²) in [6.07, 6.45) is 2.92. The highest BCUT2D eigenvalue weighted by atomic mass is 16.5. The van der Waals surface area contributed by atoms with E-state index in [-0.39, 0.29) is 12.5 Å². The number of aliphatic carboxylic acids is 1. The number of amides is 1. The Morgan fingerprint density at radius 1 is 1.19 bits per heavy atom. The Morgan fingerprint density at radius 3 is 2.72 bits per heavy atom. The van der Waals surface area contributed by atoms with Gasteiger partial charge in [0.15, 0.2) is 0 Å². The summed E-state index contributed by atoms with van der Waals surface area (Å²) in [5.41, 5.74) is 8.03. The number of aromatic nitrogens is 1. The van der Waals surface area contributed by atoms with Crippen LogP contribution in [0.2, 0.25) is 0 Å². The van der Waals surface area contributed by atoms with Crippen molar-refractivity contribution in [1.82, 2.24) is 4.98 Å². The van der Waals surface area contributed by atoms with Crippen LogP contribution in [-0.4, -0.2) is 28.0 Å². The van der Waals surface area contributed by atoms with Crippen molar-refractivity contribution in [3.05, 3.63) is 78.0 Å². The summed E-state index contributed by atoms with van der Waals surface area (Å²) < 4.78 is 12.0. The highest BCUT2D eigenvalue weighted by Crippen LogP contribution is 2.37. The summed E-state index contributed by atoms with van der Waals surface area (Å²) in [5.74, 6) is 0.126. The van der Waals surface area contributed by atoms with Gasteiger partial charge in [0.1, 0.15) is 23.6 Å². The number of hydrogen-bond acceptors (Lipinski definition) is 6. The van der Waals surface area contributed by atoms with E-state index in [0.717, 1.165) is 24.2 Å². The minimum atomic E-state index is -1.25. The number of aryl methyl sites for hydroxylation is 1. The third kappa shape index (κ3) is 5.22. The molecule has 0 bridgehead atoms. The van der Waals surface area contributed by atoms with Crippen LogP contribution in [0, 0.1) is 0 Å². The molecular weight excluding hydrogens is 410 g/mol. The van der Waals surface area contributed by atoms with Crippen LogP contribution in [0.5, 0.6) is 17.4 Å². The van der Waals surface area contributed by atoms with E-state index >= 15 is 0 Å². The number of rotatable bonds is 7. The highest BCUT2D eigenvalue weighted by molar-refractivity contribution is 5.93. The van der Waals surface area contributed by atoms with Crippen molar-refractivity contribution < 1.29 is 24.2 Å². The van der Waals surface area contributed by atoms with Crippen molar-refractivity contribution in [2.75, 3.05) is 5.32 Å². The quantitative estimate of drug-likeness (QED) is 0.519. The monoisotopic (exact) mass is 433 g/mol. The second-order valence-corrected chi connectivity index (χ2v) is 7.51. The maximum absolute atomic E-state index is 11.8. The van der Waals surface area contributed by atoms with Crippen LogP contribution in [0.3, 0.4) is 0 Å². The van der Waals surface area contributed by atoms with Crippen LogP contribution >= 0.6 is 0 Å². The van der Waals surface area contributed by atoms with Crippen molar-refractivity contribution in [2.45, 2.75) is 31.4 Å². The fraction of sp³-hybridized carbons (Fsp3) is 0.208. The van der Waals surface area contributed by atoms with E-state index in [9.17, 15) is 9.59 Å². The summed E-state index contributed by atoms with van der Waals surface area (Å²) in [4.78, 5) is 26.8. The topological polar surface area (TPSA) is 124 Å². The molecule has 3 aromatic rings. The molecule has 32 heavy (non-hydrogen) atoms. The van der Waals surface area contributed by atoms with E-state index in [1.165, 1.54) is 11.8 Å². The Hall–Kier alpha value is -3.91. The van der Waals surface area contributed by atoms with Crippen LogP contribution in [0.25, 0.3) is 0 Å². The van der Waals surface area contributed by atoms with E-state index in [1.54, 1.807) is 12.1 Å². The van der Waals surface area contributed by atoms with E-state index in [0.29, 0.717) is 17.3 Å². The number of hydrogen-bond donors (Lipinski definition) is 3. The normalized spacial score (nSPS) is 15.7. The Kier molecular flexibility index (Phi) is 6.32. The third-order valence-corrected chi connectivity index (χ3v) is 5.11. The number of fused-ring (bicyclic) bond motifs is 1. The van der Waals surface area contributed by atoms with Gasteiger partial charge in [0.05, 0.1) is 18.3 Å². The molecule has 2 heterocycles. The molecule has 0 radical (unpaired) electrons. The molecule has 2 aromatic carbocycles. The molecule has 0 saturated heterocycles. The summed E-state index contributed by atoms with van der Waals surface area (Å²) >= 11 is 0. The van der Waals surface area contributed by atoms with Gasteiger partial charge in [-0.15, -0.1) is 0 Å². The number of anilines is 1. The van der Waals surface area contributed by atoms with Crippen LogP contribution in [0.15, 0.2) is 66.9 Å². The Labute approximate surface area is 185 Å². The molecule has 0 saturated carbocycles. The molecule has 0 aliphatic carbocycles. The number of carbonyl (C=O) groups is 2. The fourth-order valence-corrected chi connectivity index (χ4v) is 3.47. The molecule has 1 amide bonds. The van der Waals surface area contributed by atoms with Crippen molar-refractivity contribution in [3.63, 3.8) is 0 Å². The smallest absolute Gasteiger partial charge is 0.321 e. The first-order valence-corrected chi connectivity index (χ1v) is 10.2. The number of nitrogens with one attached hydrogen (secondary N) is 1. The van der Waals surface area contributed by atoms with Gasteiger partial charge in [-0.25, -0.2) is 4.98 Å². The Morgan fingerprint density at radius 2 is 2.00 bits per heavy atom. The van der Waals surface area contributed by atoms with Crippen LogP contribution < -0.4 is 20.5 Å². The van der Waals surface area contributed by atoms with E-state index in [4.69, 9.17) is 20.3 Å². The standard InChI is InChI=1S/C24H23N3O5/c25-19(24(29)30)13-22(28)27-17-7-11-23(26-14-17)31-18-8-10-21-16(12-18)6-9-20(32-21)15-4-2-1-3-5-15/h1-5,7-8,10-12,14,19-20H,6,9,13,25H2,(H,27,28)(H,29,30). The van der Waals surface area contributed by atoms with Gasteiger partial charge < -0.3 is 25.6 Å². The fourth-order valence-electron chi connectivity index (χ4n) is 3.47. The van der Waals surface area contributed by atoms with E-state index in [1.807, 2.05) is 36.4 Å². The molecule has 4 N–H and O–H groups in total. The molecule has 8 nitrogen and oxygen atoms in total. The Balaban J connectivity index is 1.36. The zero-order valence-electron chi connectivity index (χ0n) is 17.2. The lowest BCUT2D eigenvalue weighted by atomic mass is 9.97. The average molecular weight is 433 g/mol. The molecular formula is C24H23N3O5. The van der Waals surface area contributed by atoms with E-state index in [2.05, 4.69) is 22.4 Å². The third-order valence-electron chi connectivity index (χ3n) is 5.11. The van der Waals surface area contributed by atoms with Gasteiger partial charge >= 0.3 is 5.97 Å². The van der Waals surface area contributed by atoms with Crippen molar-refractivity contribution in [3.8, 4) is 17.4 Å². The first-order chi connectivity index (χ1) is 15.5. The molecule has 1 aliphatic rings. The second kappa shape index (κ2) is 9.49. The molecule has 2 atom stereocenters.